The molecule has 3 rings (SSSR count). The molecule has 0 amide bonds. The molecule has 0 aromatic carbocycles. The lowest BCUT2D eigenvalue weighted by atomic mass is 9.76. The summed E-state index contributed by atoms with van der Waals surface area (Å²) < 4.78 is 10.4. The summed E-state index contributed by atoms with van der Waals surface area (Å²) in [6, 6.07) is 0. The van der Waals surface area contributed by atoms with E-state index in [1.807, 2.05) is 0 Å². The summed E-state index contributed by atoms with van der Waals surface area (Å²) in [5.74, 6) is 0.291. The van der Waals surface area contributed by atoms with Gasteiger partial charge in [-0.25, -0.2) is 0 Å². The Labute approximate surface area is 90.6 Å². The molecule has 4 unspecified atom stereocenters. The van der Waals surface area contributed by atoms with Crippen LogP contribution in [0, 0.1) is 5.92 Å². The van der Waals surface area contributed by atoms with Gasteiger partial charge in [-0.05, 0) is 12.8 Å². The fraction of sp³-hybridized carbons (Fsp3) is 0.700. The first-order chi connectivity index (χ1) is 6.72. The molecule has 1 aliphatic carbocycles. The van der Waals surface area contributed by atoms with Crippen molar-refractivity contribution < 1.29 is 14.3 Å². The second-order valence-corrected chi connectivity index (χ2v) is 5.50. The van der Waals surface area contributed by atoms with Crippen LogP contribution in [0.3, 0.4) is 0 Å². The summed E-state index contributed by atoms with van der Waals surface area (Å²) in [6.07, 6.45) is 5.31. The first kappa shape index (κ1) is 9.07. The lowest BCUT2D eigenvalue weighted by molar-refractivity contribution is -0.161. The summed E-state index contributed by atoms with van der Waals surface area (Å²) >= 11 is 3.60. The first-order valence-corrected chi connectivity index (χ1v) is 5.66. The molecule has 3 aliphatic rings. The van der Waals surface area contributed by atoms with Gasteiger partial charge in [-0.2, -0.15) is 0 Å². The lowest BCUT2D eigenvalue weighted by Crippen LogP contribution is -2.54. The molecule has 0 radical (unpaired) electrons. The van der Waals surface area contributed by atoms with Gasteiger partial charge >= 0.3 is 0 Å². The van der Waals surface area contributed by atoms with Crippen LogP contribution in [0.2, 0.25) is 0 Å². The van der Waals surface area contributed by atoms with Crippen LogP contribution in [-0.4, -0.2) is 29.1 Å². The third-order valence-corrected chi connectivity index (χ3v) is 4.64. The summed E-state index contributed by atoms with van der Waals surface area (Å²) in [6.45, 7) is 0.558. The largest absolute Gasteiger partial charge is 0.343 e. The molecule has 2 fully saturated rings. The van der Waals surface area contributed by atoms with Gasteiger partial charge in [0.25, 0.3) is 0 Å². The van der Waals surface area contributed by atoms with Crippen LogP contribution in [0.4, 0.5) is 0 Å². The zero-order chi connectivity index (χ0) is 9.76. The number of alkyl halides is 1. The molecule has 2 aliphatic heterocycles. The number of carbonyl (C=O) groups is 1. The number of hydrogen-bond donors (Lipinski definition) is 0. The fourth-order valence-electron chi connectivity index (χ4n) is 2.53. The van der Waals surface area contributed by atoms with Crippen molar-refractivity contribution in [1.82, 2.24) is 0 Å². The Morgan fingerprint density at radius 2 is 2.36 bits per heavy atom. The molecular formula is C10H11BrO3. The minimum absolute atomic E-state index is 0.0561. The SMILES string of the molecule is O=C1C2OCC(O2)C2CC=CCC12Br. The van der Waals surface area contributed by atoms with Crippen molar-refractivity contribution in [1.29, 1.82) is 0 Å². The van der Waals surface area contributed by atoms with Crippen LogP contribution in [-0.2, 0) is 14.3 Å². The third-order valence-electron chi connectivity index (χ3n) is 3.34. The minimum atomic E-state index is -0.623. The maximum atomic E-state index is 12.0. The molecule has 2 bridgehead atoms. The van der Waals surface area contributed by atoms with Crippen LogP contribution in [0.15, 0.2) is 12.2 Å². The number of fused-ring (bicyclic) bond motifs is 4. The van der Waals surface area contributed by atoms with Gasteiger partial charge in [0.15, 0.2) is 0 Å². The average Bonchev–Trinajstić information content (AvgIpc) is 2.62. The van der Waals surface area contributed by atoms with Crippen LogP contribution in [0.5, 0.6) is 0 Å². The van der Waals surface area contributed by atoms with Crippen LogP contribution < -0.4 is 0 Å². The number of allylic oxidation sites excluding steroid dienone is 2. The Morgan fingerprint density at radius 1 is 1.50 bits per heavy atom. The Hall–Kier alpha value is -0.190. The standard InChI is InChI=1S/C10H11BrO3/c11-10-4-2-1-3-6(10)7-5-13-9(14-7)8(10)12/h1-2,6-7,9H,3-5H2. The van der Waals surface area contributed by atoms with Crippen LogP contribution in [0.25, 0.3) is 0 Å². The average molecular weight is 259 g/mol. The van der Waals surface area contributed by atoms with Gasteiger partial charge in [0.05, 0.1) is 17.0 Å². The lowest BCUT2D eigenvalue weighted by Gasteiger charge is -2.41. The molecule has 2 saturated heterocycles. The van der Waals surface area contributed by atoms with E-state index in [1.54, 1.807) is 0 Å². The highest BCUT2D eigenvalue weighted by Crippen LogP contribution is 2.48. The molecule has 0 aromatic rings. The third kappa shape index (κ3) is 1.02. The summed E-state index contributed by atoms with van der Waals surface area (Å²) in [4.78, 5) is 12.0. The van der Waals surface area contributed by atoms with Gasteiger partial charge in [-0.3, -0.25) is 4.79 Å². The van der Waals surface area contributed by atoms with E-state index in [0.717, 1.165) is 12.8 Å². The summed E-state index contributed by atoms with van der Waals surface area (Å²) in [5, 5.41) is 0. The van der Waals surface area contributed by atoms with E-state index >= 15 is 0 Å². The number of hydrogen-bond acceptors (Lipinski definition) is 3. The van der Waals surface area contributed by atoms with Crippen molar-refractivity contribution in [3.63, 3.8) is 0 Å². The molecule has 3 nitrogen and oxygen atoms in total. The van der Waals surface area contributed by atoms with Crippen LogP contribution >= 0.6 is 15.9 Å². The number of ketones is 1. The second kappa shape index (κ2) is 2.90. The fourth-order valence-corrected chi connectivity index (χ4v) is 3.39. The van der Waals surface area contributed by atoms with Gasteiger partial charge < -0.3 is 9.47 Å². The smallest absolute Gasteiger partial charge is 0.219 e. The van der Waals surface area contributed by atoms with Crippen LogP contribution in [0.1, 0.15) is 12.8 Å². The highest BCUT2D eigenvalue weighted by Gasteiger charge is 2.57. The predicted octanol–water partition coefficient (Wildman–Crippen LogP) is 1.41. The second-order valence-electron chi connectivity index (χ2n) is 4.08. The van der Waals surface area contributed by atoms with Gasteiger partial charge in [-0.15, -0.1) is 0 Å². The summed E-state index contributed by atoms with van der Waals surface area (Å²) in [5.41, 5.74) is 0. The highest BCUT2D eigenvalue weighted by molar-refractivity contribution is 9.10. The van der Waals surface area contributed by atoms with Crippen molar-refractivity contribution >= 4 is 21.7 Å². The van der Waals surface area contributed by atoms with Gasteiger partial charge in [-0.1, -0.05) is 28.1 Å². The predicted molar refractivity (Wildman–Crippen MR) is 53.1 cm³/mol. The molecule has 4 atom stereocenters. The van der Waals surface area contributed by atoms with Gasteiger partial charge in [0.1, 0.15) is 0 Å². The topological polar surface area (TPSA) is 35.5 Å². The number of halogens is 1. The molecule has 76 valence electrons. The quantitative estimate of drug-likeness (QED) is 0.487. The van der Waals surface area contributed by atoms with Crippen molar-refractivity contribution in [3.05, 3.63) is 12.2 Å². The van der Waals surface area contributed by atoms with E-state index in [1.165, 1.54) is 0 Å². The molecule has 0 aromatic heterocycles. The van der Waals surface area contributed by atoms with Crippen molar-refractivity contribution in [3.8, 4) is 0 Å². The van der Waals surface area contributed by atoms with Crippen molar-refractivity contribution in [2.75, 3.05) is 6.61 Å². The van der Waals surface area contributed by atoms with E-state index in [-0.39, 0.29) is 17.8 Å². The molecular weight excluding hydrogens is 248 g/mol. The van der Waals surface area contributed by atoms with E-state index in [9.17, 15) is 4.79 Å². The van der Waals surface area contributed by atoms with Crippen molar-refractivity contribution in [2.24, 2.45) is 5.92 Å². The van der Waals surface area contributed by atoms with Gasteiger partial charge in [0.2, 0.25) is 12.1 Å². The molecule has 14 heavy (non-hydrogen) atoms. The monoisotopic (exact) mass is 258 g/mol. The van der Waals surface area contributed by atoms with Gasteiger partial charge in [0, 0.05) is 5.92 Å². The van der Waals surface area contributed by atoms with E-state index in [0.29, 0.717) is 6.61 Å². The molecule has 0 saturated carbocycles. The van der Waals surface area contributed by atoms with E-state index < -0.39 is 10.6 Å². The number of rotatable bonds is 0. The highest BCUT2D eigenvalue weighted by atomic mass is 79.9. The Morgan fingerprint density at radius 3 is 3.21 bits per heavy atom. The maximum Gasteiger partial charge on any atom is 0.219 e. The van der Waals surface area contributed by atoms with E-state index in [4.69, 9.17) is 9.47 Å². The number of carbonyl (C=O) groups excluding carboxylic acids is 1. The maximum absolute atomic E-state index is 12.0. The number of Topliss-reactive ketones (excluding diaryl/α,β-unsaturated/α-hetero) is 1. The normalized spacial score (nSPS) is 50.6. The first-order valence-electron chi connectivity index (χ1n) is 4.87. The number of ether oxygens (including phenoxy) is 2. The zero-order valence-electron chi connectivity index (χ0n) is 7.61. The molecule has 0 spiro atoms. The Kier molecular flexibility index (Phi) is 1.88. The van der Waals surface area contributed by atoms with E-state index in [2.05, 4.69) is 28.1 Å². The van der Waals surface area contributed by atoms with Crippen molar-refractivity contribution in [2.45, 2.75) is 29.6 Å². The molecule has 4 heteroatoms. The zero-order valence-corrected chi connectivity index (χ0v) is 9.20. The summed E-state index contributed by atoms with van der Waals surface area (Å²) in [7, 11) is 0. The molecule has 2 heterocycles. The Bertz CT molecular complexity index is 314. The molecule has 0 N–H and O–H groups in total. The Balaban J connectivity index is 2.03. The minimum Gasteiger partial charge on any atom is -0.343 e.